The molecule has 123 heavy (non-hydrogen) atoms. The Morgan fingerprint density at radius 2 is 0.870 bits per heavy atom. The summed E-state index contributed by atoms with van der Waals surface area (Å²) in [7, 11) is 1.53. The summed E-state index contributed by atoms with van der Waals surface area (Å²) in [5.74, 6) is -0.598. The van der Waals surface area contributed by atoms with E-state index in [4.69, 9.17) is 76.7 Å². The van der Waals surface area contributed by atoms with Crippen molar-refractivity contribution >= 4 is 164 Å². The molecule has 9 aromatic heterocycles. The maximum absolute atomic E-state index is 13.9. The van der Waals surface area contributed by atoms with Crippen LogP contribution in [-0.2, 0) is 44.1 Å². The molecule has 10 heterocycles. The summed E-state index contributed by atoms with van der Waals surface area (Å²) < 4.78 is 56.3. The van der Waals surface area contributed by atoms with Crippen LogP contribution in [0.3, 0.4) is 0 Å². The number of hydrogen-bond donors (Lipinski definition) is 5. The highest BCUT2D eigenvalue weighted by Gasteiger charge is 2.27. The first-order valence-corrected chi connectivity index (χ1v) is 40.1. The highest BCUT2D eigenvalue weighted by atomic mass is 35.5. The fourth-order valence-corrected chi connectivity index (χ4v) is 16.2. The molecule has 0 radical (unpaired) electrons. The number of fused-ring (bicyclic) bond motifs is 6. The Kier molecular flexibility index (Phi) is 25.3. The van der Waals surface area contributed by atoms with Gasteiger partial charge in [0.1, 0.15) is 33.1 Å². The number of nitroso groups, excluding NO2 is 5. The minimum Gasteiger partial charge on any atom is -0.496 e. The molecule has 0 amide bonds. The van der Waals surface area contributed by atoms with Gasteiger partial charge in [-0.25, -0.2) is 18.7 Å². The van der Waals surface area contributed by atoms with Gasteiger partial charge in [-0.15, -0.1) is 47.2 Å². The predicted octanol–water partition coefficient (Wildman–Crippen LogP) is 24.1. The lowest BCUT2D eigenvalue weighted by Crippen LogP contribution is -2.14. The first-order chi connectivity index (χ1) is 59.6. The van der Waals surface area contributed by atoms with Gasteiger partial charge in [-0.3, -0.25) is 4.98 Å². The van der Waals surface area contributed by atoms with Crippen LogP contribution in [0.5, 0.6) is 40.9 Å². The number of nitrogens with zero attached hydrogens (tertiary/aromatic N) is 15. The number of benzene rings is 9. The standard InChI is InChI=1S/C18H11Cl2N3O2S.C18H12ClN3O2S.C18H13FN4O4.C17H12ClFN2O4.C14H10ClN3O2/c19-11-3-1-10(2-4-11)17-21-13(9-26-17)8-23-15-6-5-12(20)7-14(15)16(22-25)18(23)24;19-12-7-5-11(6-8-12)17-20-13(10-25-17)9-22-15-4-2-1-3-14(15)16(21-24)18(22)23;1-26-14-5-3-2-4-11(14)17-20-15(22-27-17)9-23-13-7-6-10(19)8-12(13)16(21-25)18(23)24;18-11-1-2-14-13(5-11)15(20-23)17(22)21(14)6-9-3-12(19)4-10-7-24-8-25-16(9)10;15-9-4-5-12-11(7-9)13(17-20)14(19)18(12)8-10-3-1-2-6-16-10/h1-7,9,24H,8H2;1-8,10,23H,9H2;2-8,24H,9H2,1H3;1-5,22H,6-8H2;1-7,19H,8H2. The van der Waals surface area contributed by atoms with E-state index in [-0.39, 0.29) is 95.5 Å². The zero-order valence-corrected chi connectivity index (χ0v) is 68.7. The van der Waals surface area contributed by atoms with Gasteiger partial charge in [0.05, 0.1) is 96.7 Å². The Bertz CT molecular complexity index is 7060. The predicted molar refractivity (Wildman–Crippen MR) is 468 cm³/mol. The van der Waals surface area contributed by atoms with E-state index in [9.17, 15) is 58.8 Å². The van der Waals surface area contributed by atoms with Gasteiger partial charge >= 0.3 is 0 Å². The van der Waals surface area contributed by atoms with E-state index in [1.165, 1.54) is 63.2 Å². The van der Waals surface area contributed by atoms with Crippen LogP contribution >= 0.6 is 80.7 Å². The fraction of sp³-hybridized carbons (Fsp3) is 0.0941. The van der Waals surface area contributed by atoms with E-state index in [1.807, 2.05) is 108 Å². The van der Waals surface area contributed by atoms with Crippen LogP contribution in [0.1, 0.15) is 34.0 Å². The molecule has 0 fully saturated rings. The molecule has 19 rings (SSSR count). The molecule has 9 aromatic carbocycles. The number of rotatable bonds is 19. The third-order valence-corrected chi connectivity index (χ3v) is 22.5. The van der Waals surface area contributed by atoms with Crippen LogP contribution < -0.4 is 9.47 Å². The quantitative estimate of drug-likeness (QED) is 0.0469. The first kappa shape index (κ1) is 84.1. The van der Waals surface area contributed by atoms with E-state index in [2.05, 4.69) is 51.0 Å². The third kappa shape index (κ3) is 17.7. The lowest BCUT2D eigenvalue weighted by Gasteiger charge is -2.21. The van der Waals surface area contributed by atoms with E-state index in [0.29, 0.717) is 117 Å². The van der Waals surface area contributed by atoms with E-state index >= 15 is 0 Å². The summed E-state index contributed by atoms with van der Waals surface area (Å²) in [5, 5.41) is 80.7. The van der Waals surface area contributed by atoms with Crippen molar-refractivity contribution in [3.8, 4) is 73.5 Å². The van der Waals surface area contributed by atoms with Gasteiger partial charge in [-0.05, 0) is 165 Å². The monoisotopic (exact) mass is 1790 g/mol. The SMILES string of the molecule is COc1ccccc1-c1nc(Cn2c(O)c(N=O)c3cc(F)ccc32)no1.O=Nc1c(O)n(Cc2cc(F)cc3c2OCOC3)c2ccc(Cl)cc12.O=Nc1c(O)n(Cc2ccccn2)c2ccc(Cl)cc12.O=Nc1c(O)n(Cc2csc(-c3ccc(Cl)cc3)n2)c2ccc(Cl)cc12.O=Nc1c(O)n(Cc2csc(-c3ccc(Cl)cc3)n2)c2ccccc12. The number of halogens is 7. The number of aromatic nitrogens is 10. The van der Waals surface area contributed by atoms with E-state index < -0.39 is 17.5 Å². The molecule has 0 saturated carbocycles. The van der Waals surface area contributed by atoms with Crippen LogP contribution in [0.2, 0.25) is 25.1 Å². The maximum Gasteiger partial charge on any atom is 0.261 e. The Hall–Kier alpha value is -13.9. The van der Waals surface area contributed by atoms with E-state index in [1.54, 1.807) is 92.7 Å². The molecule has 38 heteroatoms. The largest absolute Gasteiger partial charge is 0.496 e. The van der Waals surface area contributed by atoms with Gasteiger partial charge < -0.3 is 67.1 Å². The number of hydrogen-bond acceptors (Lipinski definition) is 26. The summed E-state index contributed by atoms with van der Waals surface area (Å²) in [6.45, 7) is 1.42. The molecule has 0 spiro atoms. The first-order valence-electron chi connectivity index (χ1n) is 36.4. The molecule has 0 aliphatic carbocycles. The molecule has 0 bridgehead atoms. The van der Waals surface area contributed by atoms with Gasteiger partial charge in [0.2, 0.25) is 29.4 Å². The molecule has 0 unspecified atom stereocenters. The number of methoxy groups -OCH3 is 1. The zero-order chi connectivity index (χ0) is 86.3. The Morgan fingerprint density at radius 3 is 1.37 bits per heavy atom. The second-order valence-corrected chi connectivity index (χ2v) is 30.8. The smallest absolute Gasteiger partial charge is 0.261 e. The second-order valence-electron chi connectivity index (χ2n) is 26.9. The molecule has 5 N–H and O–H groups in total. The zero-order valence-electron chi connectivity index (χ0n) is 63.3. The van der Waals surface area contributed by atoms with Crippen molar-refractivity contribution in [3.63, 3.8) is 0 Å². The molecule has 1 aliphatic heterocycles. The lowest BCUT2D eigenvalue weighted by molar-refractivity contribution is -0.0173. The minimum atomic E-state index is -0.539. The van der Waals surface area contributed by atoms with Crippen molar-refractivity contribution in [2.45, 2.75) is 39.3 Å². The molecular weight excluding hydrogens is 1730 g/mol. The number of para-hydroxylation sites is 2. The summed E-state index contributed by atoms with van der Waals surface area (Å²) in [4.78, 5) is 73.1. The fourth-order valence-electron chi connectivity index (χ4n) is 13.8. The maximum atomic E-state index is 13.9. The Labute approximate surface area is 724 Å². The Balaban J connectivity index is 0.000000120. The van der Waals surface area contributed by atoms with Crippen molar-refractivity contribution in [1.29, 1.82) is 0 Å². The number of thiazole rings is 2. The lowest BCUT2D eigenvalue weighted by atomic mass is 10.1. The molecular formula is C85H58Cl5F2N15O14S2. The molecule has 1 aliphatic rings. The molecule has 0 atom stereocenters. The van der Waals surface area contributed by atoms with Crippen molar-refractivity contribution in [2.75, 3.05) is 13.9 Å². The van der Waals surface area contributed by atoms with Gasteiger partial charge in [-0.1, -0.05) is 124 Å². The summed E-state index contributed by atoms with van der Waals surface area (Å²) in [5.41, 5.74) is 8.80. The van der Waals surface area contributed by atoms with Crippen LogP contribution in [0, 0.1) is 36.2 Å². The van der Waals surface area contributed by atoms with Gasteiger partial charge in [0.15, 0.2) is 41.1 Å². The summed E-state index contributed by atoms with van der Waals surface area (Å²) in [6.07, 6.45) is 1.67. The van der Waals surface area contributed by atoms with Crippen molar-refractivity contribution in [2.24, 2.45) is 25.9 Å². The third-order valence-electron chi connectivity index (χ3n) is 19.4. The van der Waals surface area contributed by atoms with Gasteiger partial charge in [-0.2, -0.15) is 4.98 Å². The number of aromatic hydroxyl groups is 5. The summed E-state index contributed by atoms with van der Waals surface area (Å²) >= 11 is 32.7. The average Bonchev–Trinajstić information content (AvgIpc) is 1.66. The molecule has 0 saturated heterocycles. The van der Waals surface area contributed by atoms with Crippen LogP contribution in [0.15, 0.2) is 248 Å². The molecule has 29 nitrogen and oxygen atoms in total. The molecule has 618 valence electrons. The number of pyridine rings is 1. The van der Waals surface area contributed by atoms with Crippen LogP contribution in [0.4, 0.5) is 37.2 Å². The van der Waals surface area contributed by atoms with Crippen molar-refractivity contribution in [1.82, 2.24) is 47.9 Å². The van der Waals surface area contributed by atoms with Crippen LogP contribution in [0.25, 0.3) is 87.1 Å². The highest BCUT2D eigenvalue weighted by Crippen LogP contribution is 2.46. The molecule has 18 aromatic rings. The average molecular weight is 1790 g/mol. The van der Waals surface area contributed by atoms with Crippen molar-refractivity contribution < 1.29 is 53.0 Å². The van der Waals surface area contributed by atoms with E-state index in [0.717, 1.165) is 49.8 Å². The second kappa shape index (κ2) is 37.0. The normalized spacial score (nSPS) is 11.5. The van der Waals surface area contributed by atoms with Gasteiger partial charge in [0, 0.05) is 91.3 Å². The Morgan fingerprint density at radius 1 is 0.439 bits per heavy atom. The van der Waals surface area contributed by atoms with Crippen LogP contribution in [-0.4, -0.2) is 87.4 Å². The minimum absolute atomic E-state index is 0.00145. The topological polar surface area (TPSA) is 378 Å². The van der Waals surface area contributed by atoms with Gasteiger partial charge in [0.25, 0.3) is 5.89 Å². The van der Waals surface area contributed by atoms with Crippen molar-refractivity contribution in [3.05, 3.63) is 312 Å². The highest BCUT2D eigenvalue weighted by molar-refractivity contribution is 7.13. The summed E-state index contributed by atoms with van der Waals surface area (Å²) in [6, 6.07) is 56.4. The number of ether oxygens (including phenoxy) is 3.